The van der Waals surface area contributed by atoms with E-state index in [0.717, 1.165) is 24.9 Å². The van der Waals surface area contributed by atoms with Crippen molar-refractivity contribution in [1.29, 1.82) is 0 Å². The number of aromatic nitrogens is 2. The molecule has 0 amide bonds. The van der Waals surface area contributed by atoms with Gasteiger partial charge in [-0.05, 0) is 25.0 Å². The molecular weight excluding hydrogens is 410 g/mol. The fraction of sp³-hybridized carbons (Fsp3) is 0.625. The summed E-state index contributed by atoms with van der Waals surface area (Å²) in [7, 11) is -0.737. The van der Waals surface area contributed by atoms with Crippen LogP contribution in [0.5, 0.6) is 0 Å². The third-order valence-corrected chi connectivity index (χ3v) is 7.46. The molecule has 2 aromatic rings. The van der Waals surface area contributed by atoms with E-state index in [1.165, 1.54) is 73.7 Å². The average molecular weight is 451 g/mol. The first kappa shape index (κ1) is 25.6. The molecule has 1 heterocycles. The summed E-state index contributed by atoms with van der Waals surface area (Å²) in [6.45, 7) is 2.64. The summed E-state index contributed by atoms with van der Waals surface area (Å²) in [5, 5.41) is 9.88. The van der Waals surface area contributed by atoms with Gasteiger partial charge >= 0.3 is 16.0 Å². The van der Waals surface area contributed by atoms with Crippen LogP contribution in [0.15, 0.2) is 36.5 Å². The number of benzene rings is 1. The van der Waals surface area contributed by atoms with Crippen molar-refractivity contribution in [2.24, 2.45) is 0 Å². The Labute approximate surface area is 188 Å². The van der Waals surface area contributed by atoms with Gasteiger partial charge in [0.15, 0.2) is 5.69 Å². The van der Waals surface area contributed by atoms with Gasteiger partial charge in [-0.1, -0.05) is 76.5 Å². The summed E-state index contributed by atoms with van der Waals surface area (Å²) in [5.41, 5.74) is 1.19. The van der Waals surface area contributed by atoms with Gasteiger partial charge < -0.3 is 5.11 Å². The predicted octanol–water partition coefficient (Wildman–Crippen LogP) is 4.51. The number of unbranched alkanes of at least 4 members (excludes halogenated alkanes) is 9. The predicted molar refractivity (Wildman–Crippen MR) is 126 cm³/mol. The highest BCUT2D eigenvalue weighted by Crippen LogP contribution is 2.22. The average Bonchev–Trinajstić information content (AvgIpc) is 3.15. The highest BCUT2D eigenvalue weighted by atomic mass is 32.2. The zero-order valence-electron chi connectivity index (χ0n) is 19.5. The van der Waals surface area contributed by atoms with Crippen LogP contribution in [0.2, 0.25) is 0 Å². The van der Waals surface area contributed by atoms with Gasteiger partial charge in [0.25, 0.3) is 0 Å². The van der Waals surface area contributed by atoms with Gasteiger partial charge in [0.05, 0.1) is 12.1 Å². The van der Waals surface area contributed by atoms with Gasteiger partial charge in [0.2, 0.25) is 0 Å². The molecule has 0 atom stereocenters. The van der Waals surface area contributed by atoms with Crippen LogP contribution in [-0.4, -0.2) is 35.9 Å². The summed E-state index contributed by atoms with van der Waals surface area (Å²) >= 11 is 0. The second kappa shape index (κ2) is 13.0. The molecule has 2 rings (SSSR count). The smallest absolute Gasteiger partial charge is 0.380 e. The lowest BCUT2D eigenvalue weighted by atomic mass is 10.1. The Bertz CT molecular complexity index is 877. The highest BCUT2D eigenvalue weighted by Gasteiger charge is 2.35. The Balaban J connectivity index is 2.07. The molecule has 0 fully saturated rings. The van der Waals surface area contributed by atoms with Crippen LogP contribution < -0.4 is 4.57 Å². The van der Waals surface area contributed by atoms with E-state index in [1.807, 2.05) is 34.9 Å². The third kappa shape index (κ3) is 7.16. The number of imidazole rings is 1. The summed E-state index contributed by atoms with van der Waals surface area (Å²) in [4.78, 5) is 0. The maximum Gasteiger partial charge on any atom is 0.380 e. The molecule has 0 radical (unpaired) electrons. The van der Waals surface area contributed by atoms with Crippen molar-refractivity contribution in [2.75, 3.05) is 14.1 Å². The van der Waals surface area contributed by atoms with Crippen LogP contribution in [0.1, 0.15) is 76.8 Å². The zero-order chi connectivity index (χ0) is 22.7. The minimum atomic E-state index is -3.76. The Morgan fingerprint density at radius 2 is 1.45 bits per heavy atom. The number of hydrogen-bond acceptors (Lipinski definition) is 3. The van der Waals surface area contributed by atoms with E-state index in [2.05, 4.69) is 6.92 Å². The van der Waals surface area contributed by atoms with Crippen molar-refractivity contribution >= 4 is 10.2 Å². The van der Waals surface area contributed by atoms with E-state index in [9.17, 15) is 13.5 Å². The lowest BCUT2D eigenvalue weighted by Crippen LogP contribution is -2.37. The number of nitrogens with zero attached hydrogens (tertiary/aromatic N) is 3. The summed E-state index contributed by atoms with van der Waals surface area (Å²) in [6, 6.07) is 9.54. The number of aliphatic hydroxyl groups is 1. The SMILES string of the molecule is CCCCCCCCCCCC[n+]1cc(CO)n(S(=O)(=O)N(C)C)c1-c1ccccc1. The second-order valence-electron chi connectivity index (χ2n) is 8.40. The lowest BCUT2D eigenvalue weighted by Gasteiger charge is -2.11. The zero-order valence-corrected chi connectivity index (χ0v) is 20.3. The van der Waals surface area contributed by atoms with Crippen molar-refractivity contribution < 1.29 is 18.1 Å². The van der Waals surface area contributed by atoms with Gasteiger partial charge in [-0.3, -0.25) is 0 Å². The summed E-state index contributed by atoms with van der Waals surface area (Å²) in [5.74, 6) is 0.592. The molecular formula is C24H40N3O3S+. The number of aliphatic hydroxyl groups excluding tert-OH is 1. The van der Waals surface area contributed by atoms with Gasteiger partial charge in [-0.25, -0.2) is 4.57 Å². The van der Waals surface area contributed by atoms with Crippen LogP contribution in [0.4, 0.5) is 0 Å². The Hall–Kier alpha value is -1.70. The van der Waals surface area contributed by atoms with Crippen LogP contribution >= 0.6 is 0 Å². The molecule has 0 bridgehead atoms. The lowest BCUT2D eigenvalue weighted by molar-refractivity contribution is -0.685. The molecule has 31 heavy (non-hydrogen) atoms. The topological polar surface area (TPSA) is 66.4 Å². The summed E-state index contributed by atoms with van der Waals surface area (Å²) < 4.78 is 30.5. The molecule has 7 heteroatoms. The standard InChI is InChI=1S/C24H40N3O3S/c1-4-5-6-7-8-9-10-11-12-16-19-26-20-23(21-28)27(31(29,30)25(2)3)24(26)22-17-14-13-15-18-22/h13-15,17-18,20,28H,4-12,16,19,21H2,1-3H3/q+1. The van der Waals surface area contributed by atoms with Crippen molar-refractivity contribution in [3.05, 3.63) is 42.2 Å². The molecule has 0 saturated heterocycles. The van der Waals surface area contributed by atoms with E-state index in [0.29, 0.717) is 11.5 Å². The van der Waals surface area contributed by atoms with Crippen molar-refractivity contribution in [1.82, 2.24) is 8.28 Å². The number of hydrogen-bond donors (Lipinski definition) is 1. The molecule has 0 aliphatic rings. The first-order chi connectivity index (χ1) is 14.9. The molecule has 1 aromatic heterocycles. The second-order valence-corrected chi connectivity index (χ2v) is 10.4. The normalized spacial score (nSPS) is 12.0. The van der Waals surface area contributed by atoms with Crippen LogP contribution in [-0.2, 0) is 23.4 Å². The van der Waals surface area contributed by atoms with Crippen LogP contribution in [0.3, 0.4) is 0 Å². The van der Waals surface area contributed by atoms with E-state index in [1.54, 1.807) is 6.20 Å². The molecule has 6 nitrogen and oxygen atoms in total. The fourth-order valence-corrected chi connectivity index (χ4v) is 5.04. The van der Waals surface area contributed by atoms with Gasteiger partial charge in [-0.2, -0.15) is 12.7 Å². The van der Waals surface area contributed by atoms with Gasteiger partial charge in [-0.15, -0.1) is 3.97 Å². The van der Waals surface area contributed by atoms with Gasteiger partial charge in [0, 0.05) is 14.1 Å². The molecule has 0 saturated carbocycles. The Kier molecular flexibility index (Phi) is 10.7. The minimum absolute atomic E-state index is 0.335. The first-order valence-electron chi connectivity index (χ1n) is 11.7. The molecule has 0 aliphatic carbocycles. The first-order valence-corrected chi connectivity index (χ1v) is 13.1. The van der Waals surface area contributed by atoms with Crippen molar-refractivity contribution in [3.63, 3.8) is 0 Å². The van der Waals surface area contributed by atoms with Gasteiger partial charge in [0.1, 0.15) is 12.8 Å². The highest BCUT2D eigenvalue weighted by molar-refractivity contribution is 7.87. The Morgan fingerprint density at radius 3 is 1.97 bits per heavy atom. The van der Waals surface area contributed by atoms with Crippen LogP contribution in [0.25, 0.3) is 11.4 Å². The quantitative estimate of drug-likeness (QED) is 0.321. The minimum Gasteiger partial charge on any atom is -0.388 e. The fourth-order valence-electron chi connectivity index (χ4n) is 3.88. The molecule has 0 unspecified atom stereocenters. The molecule has 1 N–H and O–H groups in total. The monoisotopic (exact) mass is 450 g/mol. The van der Waals surface area contributed by atoms with Crippen LogP contribution in [0, 0.1) is 0 Å². The van der Waals surface area contributed by atoms with Crippen molar-refractivity contribution in [3.8, 4) is 11.4 Å². The number of rotatable bonds is 15. The summed E-state index contributed by atoms with van der Waals surface area (Å²) in [6.07, 6.45) is 14.3. The largest absolute Gasteiger partial charge is 0.388 e. The molecule has 0 spiro atoms. The van der Waals surface area contributed by atoms with E-state index in [4.69, 9.17) is 0 Å². The van der Waals surface area contributed by atoms with E-state index >= 15 is 0 Å². The molecule has 1 aromatic carbocycles. The van der Waals surface area contributed by atoms with Crippen molar-refractivity contribution in [2.45, 2.75) is 84.3 Å². The third-order valence-electron chi connectivity index (χ3n) is 5.67. The molecule has 174 valence electrons. The Morgan fingerprint density at radius 1 is 0.903 bits per heavy atom. The maximum atomic E-state index is 13.0. The maximum absolute atomic E-state index is 13.0. The van der Waals surface area contributed by atoms with E-state index < -0.39 is 10.2 Å². The van der Waals surface area contributed by atoms with E-state index in [-0.39, 0.29) is 6.61 Å². The number of aryl methyl sites for hydroxylation is 1. The molecule has 0 aliphatic heterocycles.